The average Bonchev–Trinajstić information content (AvgIpc) is 2.66. The van der Waals surface area contributed by atoms with Gasteiger partial charge in [0.2, 0.25) is 0 Å². The molecule has 1 aliphatic rings. The minimum atomic E-state index is -0.649. The summed E-state index contributed by atoms with van der Waals surface area (Å²) in [5, 5.41) is 10.7. The van der Waals surface area contributed by atoms with E-state index >= 15 is 0 Å². The molecule has 1 unspecified atom stereocenters. The van der Waals surface area contributed by atoms with Crippen LogP contribution in [0.25, 0.3) is 0 Å². The molecular weight excluding hydrogens is 310 g/mol. The Morgan fingerprint density at radius 1 is 0.960 bits per heavy atom. The third kappa shape index (κ3) is 4.83. The first-order valence-corrected chi connectivity index (χ1v) is 9.46. The Kier molecular flexibility index (Phi) is 6.11. The Morgan fingerprint density at radius 2 is 1.64 bits per heavy atom. The number of para-hydroxylation sites is 1. The molecule has 0 spiro atoms. The van der Waals surface area contributed by atoms with Crippen molar-refractivity contribution in [2.45, 2.75) is 31.8 Å². The molecule has 3 nitrogen and oxygen atoms in total. The number of piperidine rings is 1. The predicted octanol–water partition coefficient (Wildman–Crippen LogP) is 4.17. The fraction of sp³-hybridized carbons (Fsp3) is 0.455. The fourth-order valence-electron chi connectivity index (χ4n) is 3.78. The van der Waals surface area contributed by atoms with Crippen LogP contribution in [0.5, 0.6) is 5.75 Å². The van der Waals surface area contributed by atoms with E-state index in [1.165, 1.54) is 43.4 Å². The van der Waals surface area contributed by atoms with Crippen molar-refractivity contribution >= 4 is 0 Å². The normalized spacial score (nSPS) is 17.8. The summed E-state index contributed by atoms with van der Waals surface area (Å²) >= 11 is 0. The van der Waals surface area contributed by atoms with Gasteiger partial charge in [-0.25, -0.2) is 0 Å². The van der Waals surface area contributed by atoms with Crippen LogP contribution < -0.4 is 4.74 Å². The second kappa shape index (κ2) is 8.50. The molecule has 134 valence electrons. The largest absolute Gasteiger partial charge is 0.493 e. The molecule has 1 N–H and O–H groups in total. The molecule has 2 aromatic rings. The summed E-state index contributed by atoms with van der Waals surface area (Å²) in [4.78, 5) is 0. The van der Waals surface area contributed by atoms with E-state index in [1.807, 2.05) is 54.6 Å². The quantitative estimate of drug-likeness (QED) is 0.605. The van der Waals surface area contributed by atoms with Gasteiger partial charge in [-0.2, -0.15) is 0 Å². The molecule has 0 radical (unpaired) electrons. The molecule has 1 fully saturated rings. The highest BCUT2D eigenvalue weighted by atomic mass is 16.5. The third-order valence-electron chi connectivity index (χ3n) is 5.32. The molecule has 0 aromatic heterocycles. The molecule has 2 aromatic carbocycles. The Bertz CT molecular complexity index is 650. The van der Waals surface area contributed by atoms with Gasteiger partial charge in [0.15, 0.2) is 0 Å². The molecule has 1 atom stereocenters. The van der Waals surface area contributed by atoms with Crippen molar-refractivity contribution in [3.8, 4) is 5.75 Å². The second-order valence-electron chi connectivity index (χ2n) is 7.40. The Labute approximate surface area is 151 Å². The number of aliphatic hydroxyl groups excluding tert-OH is 1. The average molecular weight is 340 g/mol. The van der Waals surface area contributed by atoms with Gasteiger partial charge in [0.05, 0.1) is 33.3 Å². The van der Waals surface area contributed by atoms with Crippen LogP contribution in [0, 0.1) is 0 Å². The van der Waals surface area contributed by atoms with Crippen LogP contribution in [0.1, 0.15) is 42.9 Å². The van der Waals surface area contributed by atoms with Crippen molar-refractivity contribution in [2.75, 3.05) is 33.3 Å². The lowest BCUT2D eigenvalue weighted by Gasteiger charge is -2.37. The Morgan fingerprint density at radius 3 is 2.40 bits per heavy atom. The summed E-state index contributed by atoms with van der Waals surface area (Å²) in [6, 6.07) is 17.6. The van der Waals surface area contributed by atoms with Gasteiger partial charge in [0.1, 0.15) is 11.9 Å². The maximum Gasteiger partial charge on any atom is 0.125 e. The van der Waals surface area contributed by atoms with E-state index in [0.29, 0.717) is 6.61 Å². The summed E-state index contributed by atoms with van der Waals surface area (Å²) in [6.45, 7) is 4.46. The van der Waals surface area contributed by atoms with Crippen molar-refractivity contribution in [1.29, 1.82) is 0 Å². The van der Waals surface area contributed by atoms with Crippen molar-refractivity contribution in [3.05, 3.63) is 65.7 Å². The zero-order chi connectivity index (χ0) is 17.5. The molecule has 0 bridgehead atoms. The zero-order valence-corrected chi connectivity index (χ0v) is 15.2. The maximum atomic E-state index is 10.7. The highest BCUT2D eigenvalue weighted by Crippen LogP contribution is 2.30. The van der Waals surface area contributed by atoms with Gasteiger partial charge in [-0.05, 0) is 30.9 Å². The minimum absolute atomic E-state index is 0.649. The van der Waals surface area contributed by atoms with E-state index in [4.69, 9.17) is 4.74 Å². The lowest BCUT2D eigenvalue weighted by atomic mass is 10.0. The van der Waals surface area contributed by atoms with Crippen LogP contribution in [-0.2, 0) is 0 Å². The van der Waals surface area contributed by atoms with E-state index in [9.17, 15) is 5.11 Å². The minimum Gasteiger partial charge on any atom is -0.493 e. The number of benzene rings is 2. The van der Waals surface area contributed by atoms with Crippen molar-refractivity contribution in [3.63, 3.8) is 0 Å². The number of hydrogen-bond donors (Lipinski definition) is 1. The van der Waals surface area contributed by atoms with Gasteiger partial charge in [-0.15, -0.1) is 0 Å². The van der Waals surface area contributed by atoms with Crippen LogP contribution in [0.4, 0.5) is 0 Å². The van der Waals surface area contributed by atoms with Crippen molar-refractivity contribution in [1.82, 2.24) is 0 Å². The number of hydrogen-bond acceptors (Lipinski definition) is 2. The number of likely N-dealkylation sites (tertiary alicyclic amines) is 1. The first-order valence-electron chi connectivity index (χ1n) is 9.46. The van der Waals surface area contributed by atoms with Crippen LogP contribution in [-0.4, -0.2) is 42.9 Å². The molecule has 1 heterocycles. The Balaban J connectivity index is 1.58. The molecular formula is C22H30NO2+. The van der Waals surface area contributed by atoms with Gasteiger partial charge in [-0.1, -0.05) is 48.5 Å². The number of rotatable bonds is 7. The molecule has 3 heteroatoms. The molecule has 0 amide bonds. The molecule has 0 saturated carbocycles. The summed E-state index contributed by atoms with van der Waals surface area (Å²) < 4.78 is 7.22. The highest BCUT2D eigenvalue weighted by Gasteiger charge is 2.24. The first-order chi connectivity index (χ1) is 12.2. The number of ether oxygens (including phenoxy) is 1. The van der Waals surface area contributed by atoms with Crippen molar-refractivity contribution < 1.29 is 14.3 Å². The van der Waals surface area contributed by atoms with E-state index < -0.39 is 6.10 Å². The Hall–Kier alpha value is -1.84. The van der Waals surface area contributed by atoms with Crippen LogP contribution in [0.15, 0.2) is 54.6 Å². The second-order valence-corrected chi connectivity index (χ2v) is 7.40. The number of aliphatic hydroxyl groups is 1. The number of quaternary nitrogens is 1. The topological polar surface area (TPSA) is 29.5 Å². The third-order valence-corrected chi connectivity index (χ3v) is 5.32. The smallest absolute Gasteiger partial charge is 0.125 e. The van der Waals surface area contributed by atoms with E-state index in [0.717, 1.165) is 23.3 Å². The lowest BCUT2D eigenvalue weighted by Crippen LogP contribution is -2.48. The molecule has 25 heavy (non-hydrogen) atoms. The van der Waals surface area contributed by atoms with Crippen LogP contribution in [0.2, 0.25) is 0 Å². The zero-order valence-electron chi connectivity index (χ0n) is 15.2. The van der Waals surface area contributed by atoms with Crippen LogP contribution in [0.3, 0.4) is 0 Å². The fourth-order valence-corrected chi connectivity index (χ4v) is 3.78. The van der Waals surface area contributed by atoms with Gasteiger partial charge in [0.25, 0.3) is 0 Å². The van der Waals surface area contributed by atoms with Crippen LogP contribution >= 0.6 is 0 Å². The first kappa shape index (κ1) is 18.0. The van der Waals surface area contributed by atoms with E-state index in [1.54, 1.807) is 0 Å². The SMILES string of the molecule is C[N+]1(CCCOc2ccccc2C(O)c2ccccc2)CCCCC1. The summed E-state index contributed by atoms with van der Waals surface area (Å²) in [6.07, 6.45) is 4.48. The monoisotopic (exact) mass is 340 g/mol. The lowest BCUT2D eigenvalue weighted by molar-refractivity contribution is -0.914. The molecule has 1 aliphatic heterocycles. The maximum absolute atomic E-state index is 10.7. The predicted molar refractivity (Wildman–Crippen MR) is 102 cm³/mol. The molecule has 3 rings (SSSR count). The summed E-state index contributed by atoms with van der Waals surface area (Å²) in [5.74, 6) is 0.792. The standard InChI is InChI=1S/C22H30NO2/c1-23(15-8-3-9-16-23)17-10-18-25-21-14-7-6-13-20(21)22(24)19-11-4-2-5-12-19/h2,4-7,11-14,22,24H,3,8-10,15-18H2,1H3/q+1. The van der Waals surface area contributed by atoms with Gasteiger partial charge in [-0.3, -0.25) is 0 Å². The van der Waals surface area contributed by atoms with Crippen molar-refractivity contribution in [2.24, 2.45) is 0 Å². The summed E-state index contributed by atoms with van der Waals surface area (Å²) in [7, 11) is 2.37. The van der Waals surface area contributed by atoms with Gasteiger partial charge in [0, 0.05) is 12.0 Å². The van der Waals surface area contributed by atoms with Gasteiger partial charge >= 0.3 is 0 Å². The number of nitrogens with zero attached hydrogens (tertiary/aromatic N) is 1. The summed E-state index contributed by atoms with van der Waals surface area (Å²) in [5.41, 5.74) is 1.73. The van der Waals surface area contributed by atoms with Gasteiger partial charge < -0.3 is 14.3 Å². The van der Waals surface area contributed by atoms with E-state index in [-0.39, 0.29) is 0 Å². The van der Waals surface area contributed by atoms with E-state index in [2.05, 4.69) is 7.05 Å². The molecule has 0 aliphatic carbocycles. The molecule has 1 saturated heterocycles. The highest BCUT2D eigenvalue weighted by molar-refractivity contribution is 5.40.